The summed E-state index contributed by atoms with van der Waals surface area (Å²) in [5.74, 6) is 1.12. The average molecular weight is 606 g/mol. The molecule has 2 aromatic carbocycles. The van der Waals surface area contributed by atoms with E-state index in [2.05, 4.69) is 38.4 Å². The number of fused-ring (bicyclic) bond motifs is 9. The summed E-state index contributed by atoms with van der Waals surface area (Å²) < 4.78 is 40.5. The monoisotopic (exact) mass is 605 g/mol. The molecule has 0 saturated carbocycles. The van der Waals surface area contributed by atoms with Crippen LogP contribution >= 0.6 is 0 Å². The number of rotatable bonds is 6. The second-order valence-electron chi connectivity index (χ2n) is 13.5. The van der Waals surface area contributed by atoms with Crippen molar-refractivity contribution in [2.24, 2.45) is 0 Å². The number of nitrogens with zero attached hydrogens (tertiary/aromatic N) is 5. The quantitative estimate of drug-likeness (QED) is 0.212. The van der Waals surface area contributed by atoms with E-state index in [1.807, 2.05) is 32.0 Å². The first-order valence-electron chi connectivity index (χ1n) is 14.5. The molecule has 0 saturated heterocycles. The van der Waals surface area contributed by atoms with Crippen molar-refractivity contribution in [3.63, 3.8) is 0 Å². The van der Waals surface area contributed by atoms with Crippen LogP contribution in [0, 0.1) is 0 Å². The predicted octanol–water partition coefficient (Wildman–Crippen LogP) is 7.47. The van der Waals surface area contributed by atoms with E-state index < -0.39 is 26.6 Å². The third kappa shape index (κ3) is 4.82. The molecule has 0 radical (unpaired) electrons. The van der Waals surface area contributed by atoms with Crippen LogP contribution in [0.15, 0.2) is 48.8 Å². The molecule has 0 N–H and O–H groups in total. The zero-order valence-corrected chi connectivity index (χ0v) is 26.8. The van der Waals surface area contributed by atoms with Gasteiger partial charge in [-0.1, -0.05) is 32.9 Å². The minimum absolute atomic E-state index is 0.0114. The maximum Gasteiger partial charge on any atom is 0.387 e. The molecule has 2 bridgehead atoms. The standard InChI is InChI=1S/C32H37F2N5O3Si/c1-31(2,3)43(7,8)42-32(4,5)29-35-16-19(17-36-29)18-12-13-21-22(14-18)39-23-15-24(27(39)37-21)38(6)28(40)20-10-9-11-25(26(20)23)41-30(33)34/h9-14,16-17,23-24,30H,15H2,1-8H3/t23-,24-/m1/s1. The third-order valence-electron chi connectivity index (χ3n) is 9.25. The second-order valence-corrected chi connectivity index (χ2v) is 18.2. The van der Waals surface area contributed by atoms with Crippen molar-refractivity contribution >= 4 is 25.3 Å². The van der Waals surface area contributed by atoms with E-state index in [1.54, 1.807) is 36.5 Å². The van der Waals surface area contributed by atoms with E-state index in [-0.39, 0.29) is 22.7 Å². The predicted molar refractivity (Wildman–Crippen MR) is 163 cm³/mol. The van der Waals surface area contributed by atoms with Crippen molar-refractivity contribution in [2.45, 2.75) is 83.5 Å². The summed E-state index contributed by atoms with van der Waals surface area (Å²) >= 11 is 0. The van der Waals surface area contributed by atoms with Gasteiger partial charge in [-0.2, -0.15) is 8.78 Å². The Morgan fingerprint density at radius 2 is 1.70 bits per heavy atom. The Balaban J connectivity index is 1.40. The Morgan fingerprint density at radius 1 is 1.00 bits per heavy atom. The molecular formula is C32H37F2N5O3Si. The number of halogens is 2. The Morgan fingerprint density at radius 3 is 2.35 bits per heavy atom. The molecule has 43 heavy (non-hydrogen) atoms. The number of imidazole rings is 1. The number of alkyl halides is 2. The molecular weight excluding hydrogens is 568 g/mol. The molecule has 0 fully saturated rings. The summed E-state index contributed by atoms with van der Waals surface area (Å²) in [4.78, 5) is 29.4. The van der Waals surface area contributed by atoms with Crippen LogP contribution in [0.2, 0.25) is 18.1 Å². The first-order chi connectivity index (χ1) is 20.1. The van der Waals surface area contributed by atoms with Crippen molar-refractivity contribution in [3.8, 4) is 16.9 Å². The van der Waals surface area contributed by atoms with Gasteiger partial charge in [0.25, 0.3) is 5.91 Å². The molecule has 226 valence electrons. The molecule has 0 spiro atoms. The molecule has 8 nitrogen and oxygen atoms in total. The van der Waals surface area contributed by atoms with Crippen LogP contribution in [0.1, 0.15) is 80.7 Å². The largest absolute Gasteiger partial charge is 0.434 e. The van der Waals surface area contributed by atoms with Gasteiger partial charge in [-0.25, -0.2) is 15.0 Å². The Hall–Kier alpha value is -3.70. The fourth-order valence-electron chi connectivity index (χ4n) is 6.08. The summed E-state index contributed by atoms with van der Waals surface area (Å²) in [5.41, 5.74) is 3.49. The first-order valence-corrected chi connectivity index (χ1v) is 17.4. The van der Waals surface area contributed by atoms with Gasteiger partial charge in [0.05, 0.1) is 23.1 Å². The summed E-state index contributed by atoms with van der Waals surface area (Å²) in [6, 6.07) is 9.98. The summed E-state index contributed by atoms with van der Waals surface area (Å²) in [6.45, 7) is 12.1. The molecule has 4 aromatic rings. The van der Waals surface area contributed by atoms with Gasteiger partial charge in [-0.05, 0) is 61.8 Å². The van der Waals surface area contributed by atoms with Crippen LogP contribution in [0.25, 0.3) is 22.2 Å². The normalized spacial score (nSPS) is 18.7. The van der Waals surface area contributed by atoms with Crippen molar-refractivity contribution in [2.75, 3.05) is 7.05 Å². The Bertz CT molecular complexity index is 1730. The highest BCUT2D eigenvalue weighted by Crippen LogP contribution is 2.50. The zero-order chi connectivity index (χ0) is 31.1. The molecule has 2 aromatic heterocycles. The van der Waals surface area contributed by atoms with Crippen molar-refractivity contribution in [3.05, 3.63) is 71.6 Å². The van der Waals surface area contributed by atoms with Gasteiger partial charge in [0, 0.05) is 42.6 Å². The maximum absolute atomic E-state index is 13.4. The Labute approximate surface area is 251 Å². The number of carbonyl (C=O) groups is 1. The smallest absolute Gasteiger partial charge is 0.387 e. The number of benzene rings is 2. The van der Waals surface area contributed by atoms with E-state index in [0.717, 1.165) is 28.0 Å². The van der Waals surface area contributed by atoms with Crippen molar-refractivity contribution in [1.29, 1.82) is 0 Å². The van der Waals surface area contributed by atoms with E-state index in [0.29, 0.717) is 23.4 Å². The molecule has 1 amide bonds. The summed E-state index contributed by atoms with van der Waals surface area (Å²) in [6.07, 6.45) is 4.13. The molecule has 2 aliphatic rings. The lowest BCUT2D eigenvalue weighted by atomic mass is 9.97. The first kappa shape index (κ1) is 29.4. The van der Waals surface area contributed by atoms with Crippen LogP contribution in [0.3, 0.4) is 0 Å². The molecule has 2 aliphatic heterocycles. The van der Waals surface area contributed by atoms with Gasteiger partial charge in [0.2, 0.25) is 0 Å². The molecule has 2 atom stereocenters. The summed E-state index contributed by atoms with van der Waals surface area (Å²) in [5, 5.41) is 0.0530. The Kier molecular flexibility index (Phi) is 6.77. The van der Waals surface area contributed by atoms with Crippen LogP contribution in [0.5, 0.6) is 5.75 Å². The number of ether oxygens (including phenoxy) is 1. The number of aromatic nitrogens is 4. The van der Waals surface area contributed by atoms with Crippen molar-refractivity contribution in [1.82, 2.24) is 24.4 Å². The number of carbonyl (C=O) groups excluding carboxylic acids is 1. The fourth-order valence-corrected chi connectivity index (χ4v) is 7.76. The van der Waals surface area contributed by atoms with Crippen LogP contribution in [-0.4, -0.2) is 52.3 Å². The fraction of sp³-hybridized carbons (Fsp3) is 0.438. The van der Waals surface area contributed by atoms with Gasteiger partial charge in [-0.15, -0.1) is 0 Å². The molecule has 0 aliphatic carbocycles. The highest BCUT2D eigenvalue weighted by atomic mass is 28.4. The molecule has 6 rings (SSSR count). The third-order valence-corrected chi connectivity index (χ3v) is 13.9. The minimum Gasteiger partial charge on any atom is -0.434 e. The highest BCUT2D eigenvalue weighted by Gasteiger charge is 2.45. The topological polar surface area (TPSA) is 82.4 Å². The SMILES string of the molecule is CN1C(=O)c2cccc(OC(F)F)c2[C@H]2C[C@@H]1c1nc3ccc(-c4cnc(C(C)(C)O[Si](C)(C)C(C)(C)C)nc4)cc3n12. The highest BCUT2D eigenvalue weighted by molar-refractivity contribution is 6.74. The van der Waals surface area contributed by atoms with Crippen LogP contribution < -0.4 is 4.74 Å². The maximum atomic E-state index is 13.4. The van der Waals surface area contributed by atoms with Crippen molar-refractivity contribution < 1.29 is 22.7 Å². The van der Waals surface area contributed by atoms with E-state index in [9.17, 15) is 13.6 Å². The lowest BCUT2D eigenvalue weighted by Gasteiger charge is -2.42. The van der Waals surface area contributed by atoms with Gasteiger partial charge in [0.1, 0.15) is 17.2 Å². The lowest BCUT2D eigenvalue weighted by molar-refractivity contribution is -0.0507. The summed E-state index contributed by atoms with van der Waals surface area (Å²) in [7, 11) is -0.329. The van der Waals surface area contributed by atoms with Crippen LogP contribution in [-0.2, 0) is 10.0 Å². The van der Waals surface area contributed by atoms with Gasteiger partial charge < -0.3 is 18.6 Å². The van der Waals surface area contributed by atoms with E-state index in [1.165, 1.54) is 6.07 Å². The molecule has 0 unspecified atom stereocenters. The van der Waals surface area contributed by atoms with Gasteiger partial charge >= 0.3 is 6.61 Å². The lowest BCUT2D eigenvalue weighted by Crippen LogP contribution is -2.46. The van der Waals surface area contributed by atoms with E-state index in [4.69, 9.17) is 24.1 Å². The zero-order valence-electron chi connectivity index (χ0n) is 25.8. The minimum atomic E-state index is -3.01. The number of hydrogen-bond donors (Lipinski definition) is 0. The second kappa shape index (κ2) is 9.92. The van der Waals surface area contributed by atoms with E-state index >= 15 is 0 Å². The number of amides is 1. The number of hydrogen-bond acceptors (Lipinski definition) is 6. The average Bonchev–Trinajstić information content (AvgIpc) is 3.44. The van der Waals surface area contributed by atoms with Gasteiger partial charge in [0.15, 0.2) is 14.1 Å². The molecule has 4 heterocycles. The van der Waals surface area contributed by atoms with Crippen LogP contribution in [0.4, 0.5) is 8.78 Å². The van der Waals surface area contributed by atoms with Gasteiger partial charge in [-0.3, -0.25) is 4.79 Å². The molecule has 11 heteroatoms.